The summed E-state index contributed by atoms with van der Waals surface area (Å²) in [6.07, 6.45) is 1.68. The van der Waals surface area contributed by atoms with Crippen molar-refractivity contribution < 1.29 is 9.32 Å². The van der Waals surface area contributed by atoms with E-state index in [0.29, 0.717) is 22.3 Å². The minimum absolute atomic E-state index is 0.0163. The minimum Gasteiger partial charge on any atom is -0.371 e. The summed E-state index contributed by atoms with van der Waals surface area (Å²) < 4.78 is 5.34. The van der Waals surface area contributed by atoms with Gasteiger partial charge in [-0.3, -0.25) is 4.79 Å². The van der Waals surface area contributed by atoms with Crippen LogP contribution in [-0.4, -0.2) is 41.1 Å². The van der Waals surface area contributed by atoms with Gasteiger partial charge in [0.15, 0.2) is 0 Å². The highest BCUT2D eigenvalue weighted by atomic mass is 35.5. The average Bonchev–Trinajstić information content (AvgIpc) is 3.22. The van der Waals surface area contributed by atoms with Crippen molar-refractivity contribution in [2.24, 2.45) is 5.92 Å². The molecule has 156 valence electrons. The van der Waals surface area contributed by atoms with Crippen LogP contribution in [0.4, 0.5) is 5.69 Å². The number of halogens is 1. The zero-order chi connectivity index (χ0) is 21.1. The highest BCUT2D eigenvalue weighted by Gasteiger charge is 2.28. The Labute approximate surface area is 181 Å². The number of amides is 1. The Bertz CT molecular complexity index is 1010. The number of piperidine rings is 1. The Morgan fingerprint density at radius 3 is 2.57 bits per heavy atom. The molecule has 0 spiro atoms. The van der Waals surface area contributed by atoms with Crippen LogP contribution in [0.5, 0.6) is 0 Å². The second-order valence-corrected chi connectivity index (χ2v) is 8.19. The van der Waals surface area contributed by atoms with Crippen LogP contribution in [0.25, 0.3) is 11.4 Å². The van der Waals surface area contributed by atoms with E-state index < -0.39 is 0 Å². The van der Waals surface area contributed by atoms with Gasteiger partial charge in [0.1, 0.15) is 0 Å². The lowest BCUT2D eigenvalue weighted by Crippen LogP contribution is -2.41. The molecule has 0 radical (unpaired) electrons. The first kappa shape index (κ1) is 20.4. The lowest BCUT2D eigenvalue weighted by atomic mass is 9.95. The monoisotopic (exact) mass is 424 g/mol. The Morgan fingerprint density at radius 2 is 1.87 bits per heavy atom. The minimum atomic E-state index is 0.0163. The number of aromatic nitrogens is 2. The van der Waals surface area contributed by atoms with Crippen molar-refractivity contribution in [2.45, 2.75) is 26.3 Å². The predicted octanol–water partition coefficient (Wildman–Crippen LogP) is 4.57. The normalized spacial score (nSPS) is 14.7. The molecule has 0 bridgehead atoms. The van der Waals surface area contributed by atoms with Gasteiger partial charge in [-0.15, -0.1) is 0 Å². The molecule has 1 aromatic heterocycles. The molecule has 0 N–H and O–H groups in total. The summed E-state index contributed by atoms with van der Waals surface area (Å²) in [6.45, 7) is 4.13. The van der Waals surface area contributed by atoms with E-state index in [1.54, 1.807) is 18.0 Å². The van der Waals surface area contributed by atoms with E-state index in [0.717, 1.165) is 25.9 Å². The van der Waals surface area contributed by atoms with Crippen molar-refractivity contribution in [3.63, 3.8) is 0 Å². The molecule has 3 aromatic rings. The van der Waals surface area contributed by atoms with E-state index in [4.69, 9.17) is 16.1 Å². The number of benzene rings is 2. The molecule has 1 saturated heterocycles. The molecule has 4 rings (SSSR count). The van der Waals surface area contributed by atoms with Crippen LogP contribution < -0.4 is 4.90 Å². The maximum atomic E-state index is 12.9. The summed E-state index contributed by atoms with van der Waals surface area (Å²) in [5, 5.41) is 4.57. The quantitative estimate of drug-likeness (QED) is 0.600. The van der Waals surface area contributed by atoms with Gasteiger partial charge >= 0.3 is 0 Å². The fourth-order valence-corrected chi connectivity index (χ4v) is 4.02. The van der Waals surface area contributed by atoms with Crippen molar-refractivity contribution >= 4 is 23.2 Å². The maximum absolute atomic E-state index is 12.9. The van der Waals surface area contributed by atoms with Gasteiger partial charge in [-0.05, 0) is 44.0 Å². The van der Waals surface area contributed by atoms with E-state index in [9.17, 15) is 4.79 Å². The topological polar surface area (TPSA) is 62.5 Å². The molecule has 1 aliphatic heterocycles. The van der Waals surface area contributed by atoms with Crippen LogP contribution >= 0.6 is 11.6 Å². The molecule has 6 nitrogen and oxygen atoms in total. The zero-order valence-electron chi connectivity index (χ0n) is 17.2. The number of aryl methyl sites for hydroxylation is 1. The first-order valence-corrected chi connectivity index (χ1v) is 10.5. The molecule has 1 aliphatic rings. The first-order chi connectivity index (χ1) is 14.5. The maximum Gasteiger partial charge on any atom is 0.246 e. The van der Waals surface area contributed by atoms with Gasteiger partial charge in [-0.2, -0.15) is 4.98 Å². The Kier molecular flexibility index (Phi) is 6.04. The largest absolute Gasteiger partial charge is 0.371 e. The van der Waals surface area contributed by atoms with Gasteiger partial charge in [0.25, 0.3) is 0 Å². The van der Waals surface area contributed by atoms with Crippen LogP contribution in [0.2, 0.25) is 5.02 Å². The molecule has 30 heavy (non-hydrogen) atoms. The Morgan fingerprint density at radius 1 is 1.17 bits per heavy atom. The summed E-state index contributed by atoms with van der Waals surface area (Å²) in [4.78, 5) is 21.3. The number of hydrogen-bond acceptors (Lipinski definition) is 5. The van der Waals surface area contributed by atoms with Crippen LogP contribution in [-0.2, 0) is 11.3 Å². The van der Waals surface area contributed by atoms with E-state index in [2.05, 4.69) is 46.2 Å². The third-order valence-electron chi connectivity index (χ3n) is 5.57. The van der Waals surface area contributed by atoms with Crippen LogP contribution in [0.1, 0.15) is 24.3 Å². The van der Waals surface area contributed by atoms with Gasteiger partial charge in [0.2, 0.25) is 17.6 Å². The van der Waals surface area contributed by atoms with Gasteiger partial charge in [-0.1, -0.05) is 46.6 Å². The average molecular weight is 425 g/mol. The van der Waals surface area contributed by atoms with Gasteiger partial charge in [0, 0.05) is 37.3 Å². The van der Waals surface area contributed by atoms with E-state index in [1.807, 2.05) is 18.2 Å². The number of carbonyl (C=O) groups excluding carboxylic acids is 1. The lowest BCUT2D eigenvalue weighted by Gasteiger charge is -2.34. The lowest BCUT2D eigenvalue weighted by molar-refractivity contribution is -0.135. The number of carbonyl (C=O) groups is 1. The molecule has 0 saturated carbocycles. The van der Waals surface area contributed by atoms with Crippen molar-refractivity contribution in [2.75, 3.05) is 25.0 Å². The van der Waals surface area contributed by atoms with Gasteiger partial charge < -0.3 is 14.3 Å². The molecular weight excluding hydrogens is 400 g/mol. The van der Waals surface area contributed by atoms with Crippen molar-refractivity contribution in [3.8, 4) is 11.4 Å². The molecule has 1 fully saturated rings. The van der Waals surface area contributed by atoms with E-state index in [-0.39, 0.29) is 18.4 Å². The summed E-state index contributed by atoms with van der Waals surface area (Å²) in [6, 6.07) is 15.9. The van der Waals surface area contributed by atoms with E-state index in [1.165, 1.54) is 11.3 Å². The molecule has 0 atom stereocenters. The first-order valence-electron chi connectivity index (χ1n) is 10.2. The number of hydrogen-bond donors (Lipinski definition) is 0. The van der Waals surface area contributed by atoms with Crippen molar-refractivity contribution in [1.82, 2.24) is 15.0 Å². The fraction of sp³-hybridized carbons (Fsp3) is 0.348. The molecule has 2 heterocycles. The molecule has 7 heteroatoms. The molecular formula is C23H25ClN4O2. The second-order valence-electron chi connectivity index (χ2n) is 7.78. The fourth-order valence-electron chi connectivity index (χ4n) is 3.80. The number of rotatable bonds is 5. The van der Waals surface area contributed by atoms with E-state index >= 15 is 0 Å². The predicted molar refractivity (Wildman–Crippen MR) is 117 cm³/mol. The smallest absolute Gasteiger partial charge is 0.246 e. The van der Waals surface area contributed by atoms with Gasteiger partial charge in [0.05, 0.1) is 11.6 Å². The third-order valence-corrected chi connectivity index (χ3v) is 5.90. The summed E-state index contributed by atoms with van der Waals surface area (Å²) in [5.74, 6) is 0.972. The number of nitrogens with zero attached hydrogens (tertiary/aromatic N) is 4. The second kappa shape index (κ2) is 8.88. The highest BCUT2D eigenvalue weighted by molar-refractivity contribution is 6.33. The highest BCUT2D eigenvalue weighted by Crippen LogP contribution is 2.27. The van der Waals surface area contributed by atoms with Crippen LogP contribution in [0, 0.1) is 12.8 Å². The van der Waals surface area contributed by atoms with Crippen molar-refractivity contribution in [3.05, 3.63) is 65.0 Å². The van der Waals surface area contributed by atoms with Crippen LogP contribution in [0.3, 0.4) is 0 Å². The standard InChI is InChI=1S/C23H25ClN4O2/c1-16-7-9-18(10-8-16)28-13-11-17(12-14-28)23(29)27(2)15-21-25-22(26-30-21)19-5-3-4-6-20(19)24/h3-10,17H,11-15H2,1-2H3. The molecule has 2 aromatic carbocycles. The Hall–Kier alpha value is -2.86. The van der Waals surface area contributed by atoms with Crippen molar-refractivity contribution in [1.29, 1.82) is 0 Å². The molecule has 1 amide bonds. The third kappa shape index (κ3) is 4.49. The summed E-state index contributed by atoms with van der Waals surface area (Å²) in [7, 11) is 1.79. The van der Waals surface area contributed by atoms with Gasteiger partial charge in [-0.25, -0.2) is 0 Å². The summed E-state index contributed by atoms with van der Waals surface area (Å²) in [5.41, 5.74) is 3.19. The SMILES string of the molecule is Cc1ccc(N2CCC(C(=O)N(C)Cc3nc(-c4ccccc4Cl)no3)CC2)cc1. The zero-order valence-corrected chi connectivity index (χ0v) is 18.0. The van der Waals surface area contributed by atoms with Crippen LogP contribution in [0.15, 0.2) is 53.1 Å². The summed E-state index contributed by atoms with van der Waals surface area (Å²) >= 11 is 6.20. The Balaban J connectivity index is 1.33. The number of anilines is 1. The molecule has 0 aliphatic carbocycles. The molecule has 0 unspecified atom stereocenters.